The van der Waals surface area contributed by atoms with Crippen LogP contribution in [-0.2, 0) is 6.54 Å². The molecule has 2 N–H and O–H groups in total. The highest BCUT2D eigenvalue weighted by atomic mass is 32.1. The number of nitrogens with one attached hydrogen (secondary N) is 1. The number of fused-ring (bicyclic) bond motifs is 1. The van der Waals surface area contributed by atoms with Crippen LogP contribution in [-0.4, -0.2) is 69.3 Å². The largest absolute Gasteiger partial charge is 0.379 e. The molecule has 1 atom stereocenters. The van der Waals surface area contributed by atoms with Gasteiger partial charge in [-0.3, -0.25) is 9.80 Å². The average Bonchev–Trinajstić information content (AvgIpc) is 3.26. The van der Waals surface area contributed by atoms with Crippen molar-refractivity contribution in [3.63, 3.8) is 0 Å². The van der Waals surface area contributed by atoms with Gasteiger partial charge in [0, 0.05) is 51.7 Å². The number of aryl methyl sites for hydroxylation is 1. The van der Waals surface area contributed by atoms with Gasteiger partial charge in [0.2, 0.25) is 0 Å². The molecule has 1 fully saturated rings. The Hall–Kier alpha value is -3.11. The number of thiazole rings is 1. The van der Waals surface area contributed by atoms with Crippen molar-refractivity contribution in [3.8, 4) is 0 Å². The van der Waals surface area contributed by atoms with E-state index in [4.69, 9.17) is 9.97 Å². The quantitative estimate of drug-likeness (QED) is 0.396. The summed E-state index contributed by atoms with van der Waals surface area (Å²) in [6, 6.07) is 16.6. The van der Waals surface area contributed by atoms with E-state index < -0.39 is 0 Å². The van der Waals surface area contributed by atoms with Gasteiger partial charge in [-0.1, -0.05) is 29.0 Å². The number of anilines is 4. The number of rotatable bonds is 7. The Morgan fingerprint density at radius 3 is 2.57 bits per heavy atom. The minimum absolute atomic E-state index is 0.378. The van der Waals surface area contributed by atoms with Crippen LogP contribution in [0.1, 0.15) is 18.1 Å². The van der Waals surface area contributed by atoms with E-state index in [1.54, 1.807) is 0 Å². The molecule has 0 spiro atoms. The molecule has 5 rings (SSSR count). The predicted molar refractivity (Wildman–Crippen MR) is 143 cm³/mol. The van der Waals surface area contributed by atoms with Gasteiger partial charge in [-0.05, 0) is 55.8 Å². The summed E-state index contributed by atoms with van der Waals surface area (Å²) in [5.74, 6) is 1.66. The minimum atomic E-state index is -0.378. The summed E-state index contributed by atoms with van der Waals surface area (Å²) in [5.41, 5.74) is 4.40. The van der Waals surface area contributed by atoms with E-state index in [9.17, 15) is 5.11 Å². The third-order valence-corrected chi connectivity index (χ3v) is 7.29. The fraction of sp³-hybridized carbons (Fsp3) is 0.346. The Labute approximate surface area is 209 Å². The molecule has 0 aliphatic carbocycles. The lowest BCUT2D eigenvalue weighted by Gasteiger charge is -2.36. The molecule has 1 aromatic carbocycles. The van der Waals surface area contributed by atoms with Crippen molar-refractivity contribution >= 4 is 44.1 Å². The smallest absolute Gasteiger partial charge is 0.190 e. The third kappa shape index (κ3) is 5.59. The molecule has 182 valence electrons. The zero-order valence-corrected chi connectivity index (χ0v) is 21.2. The van der Waals surface area contributed by atoms with Crippen LogP contribution in [0.4, 0.5) is 22.5 Å². The van der Waals surface area contributed by atoms with Crippen LogP contribution < -0.4 is 10.2 Å². The Balaban J connectivity index is 1.26. The number of hydrogen-bond acceptors (Lipinski definition) is 9. The molecule has 4 heterocycles. The third-order valence-electron chi connectivity index (χ3n) is 6.41. The van der Waals surface area contributed by atoms with Crippen molar-refractivity contribution in [2.75, 3.05) is 43.4 Å². The summed E-state index contributed by atoms with van der Waals surface area (Å²) in [6.45, 7) is 8.43. The highest BCUT2D eigenvalue weighted by Crippen LogP contribution is 2.30. The predicted octanol–water partition coefficient (Wildman–Crippen LogP) is 4.36. The van der Waals surface area contributed by atoms with Crippen LogP contribution in [0.2, 0.25) is 0 Å². The molecule has 1 unspecified atom stereocenters. The van der Waals surface area contributed by atoms with E-state index in [2.05, 4.69) is 68.3 Å². The maximum atomic E-state index is 9.76. The van der Waals surface area contributed by atoms with E-state index in [0.717, 1.165) is 65.5 Å². The second-order valence-electron chi connectivity index (χ2n) is 9.03. The molecule has 1 aliphatic heterocycles. The van der Waals surface area contributed by atoms with E-state index in [-0.39, 0.29) is 6.23 Å². The summed E-state index contributed by atoms with van der Waals surface area (Å²) in [5, 5.41) is 13.9. The van der Waals surface area contributed by atoms with Gasteiger partial charge in [0.1, 0.15) is 28.2 Å². The van der Waals surface area contributed by atoms with Crippen molar-refractivity contribution in [2.45, 2.75) is 26.6 Å². The van der Waals surface area contributed by atoms with Crippen molar-refractivity contribution in [1.82, 2.24) is 24.8 Å². The number of aliphatic hydroxyl groups excluding tert-OH is 1. The topological polar surface area (TPSA) is 80.7 Å². The van der Waals surface area contributed by atoms with Crippen molar-refractivity contribution in [3.05, 3.63) is 65.9 Å². The maximum Gasteiger partial charge on any atom is 0.190 e. The second-order valence-corrected chi connectivity index (χ2v) is 10.0. The molecule has 0 bridgehead atoms. The zero-order chi connectivity index (χ0) is 24.4. The van der Waals surface area contributed by atoms with Gasteiger partial charge in [0.25, 0.3) is 0 Å². The zero-order valence-electron chi connectivity index (χ0n) is 20.3. The Morgan fingerprint density at radius 2 is 1.83 bits per heavy atom. The van der Waals surface area contributed by atoms with Gasteiger partial charge >= 0.3 is 0 Å². The second kappa shape index (κ2) is 10.2. The van der Waals surface area contributed by atoms with Crippen LogP contribution >= 0.6 is 11.3 Å². The van der Waals surface area contributed by atoms with Gasteiger partial charge in [-0.2, -0.15) is 0 Å². The molecule has 9 heteroatoms. The van der Waals surface area contributed by atoms with Gasteiger partial charge in [0.15, 0.2) is 5.13 Å². The summed E-state index contributed by atoms with van der Waals surface area (Å²) in [6.07, 6.45) is 1.46. The van der Waals surface area contributed by atoms with Gasteiger partial charge in [-0.25, -0.2) is 15.0 Å². The maximum absolute atomic E-state index is 9.76. The van der Waals surface area contributed by atoms with E-state index in [1.165, 1.54) is 22.5 Å². The number of nitrogens with zero attached hydrogens (tertiary/aromatic N) is 6. The van der Waals surface area contributed by atoms with Gasteiger partial charge in [0.05, 0.1) is 0 Å². The Kier molecular flexibility index (Phi) is 6.92. The summed E-state index contributed by atoms with van der Waals surface area (Å²) < 4.78 is 0. The highest BCUT2D eigenvalue weighted by Gasteiger charge is 2.19. The number of pyridine rings is 2. The molecule has 1 saturated heterocycles. The molecular formula is C26H31N7OS. The molecule has 35 heavy (non-hydrogen) atoms. The number of aliphatic hydroxyl groups is 1. The van der Waals surface area contributed by atoms with Crippen LogP contribution in [0.5, 0.6) is 0 Å². The van der Waals surface area contributed by atoms with Gasteiger partial charge < -0.3 is 15.3 Å². The summed E-state index contributed by atoms with van der Waals surface area (Å²) in [7, 11) is 2.03. The lowest BCUT2D eigenvalue weighted by molar-refractivity contribution is -0.0141. The van der Waals surface area contributed by atoms with Gasteiger partial charge in [-0.15, -0.1) is 0 Å². The van der Waals surface area contributed by atoms with Crippen molar-refractivity contribution in [1.29, 1.82) is 0 Å². The lowest BCUT2D eigenvalue weighted by atomic mass is 10.2. The Morgan fingerprint density at radius 1 is 1.06 bits per heavy atom. The molecule has 0 saturated carbocycles. The highest BCUT2D eigenvalue weighted by molar-refractivity contribution is 7.21. The minimum Gasteiger partial charge on any atom is -0.379 e. The average molecular weight is 490 g/mol. The number of hydrogen-bond donors (Lipinski definition) is 2. The first-order valence-electron chi connectivity index (χ1n) is 11.9. The van der Waals surface area contributed by atoms with Crippen LogP contribution in [0.15, 0.2) is 54.7 Å². The number of piperazine rings is 1. The molecule has 0 radical (unpaired) electrons. The molecule has 4 aromatic rings. The molecular weight excluding hydrogens is 458 g/mol. The van der Waals surface area contributed by atoms with E-state index in [0.29, 0.717) is 0 Å². The van der Waals surface area contributed by atoms with Crippen LogP contribution in [0, 0.1) is 6.92 Å². The standard InChI is InChI=1S/C26H31N7OS/c1-18-4-6-21(7-5-18)31(3)24-9-8-22-25(30-24)35-26(28-22)29-23-16-20(10-11-27-23)17-32-12-14-33(15-13-32)19(2)34/h4-11,16,19,34H,12-15,17H2,1-3H3,(H,27,28,29). The van der Waals surface area contributed by atoms with Crippen LogP contribution in [0.25, 0.3) is 10.3 Å². The first-order chi connectivity index (χ1) is 16.9. The van der Waals surface area contributed by atoms with E-state index in [1.807, 2.05) is 32.3 Å². The SMILES string of the molecule is Cc1ccc(N(C)c2ccc3nc(Nc4cc(CN5CCN(C(C)O)CC5)ccn4)sc3n2)cc1. The normalized spacial score (nSPS) is 15.9. The molecule has 0 amide bonds. The fourth-order valence-electron chi connectivity index (χ4n) is 4.25. The first-order valence-corrected chi connectivity index (χ1v) is 12.7. The number of benzene rings is 1. The van der Waals surface area contributed by atoms with Crippen molar-refractivity contribution in [2.24, 2.45) is 0 Å². The molecule has 3 aromatic heterocycles. The fourth-order valence-corrected chi connectivity index (χ4v) is 5.09. The lowest BCUT2D eigenvalue weighted by Crippen LogP contribution is -2.49. The Bertz CT molecular complexity index is 1280. The molecule has 8 nitrogen and oxygen atoms in total. The van der Waals surface area contributed by atoms with E-state index >= 15 is 0 Å². The first kappa shape index (κ1) is 23.6. The summed E-state index contributed by atoms with van der Waals surface area (Å²) >= 11 is 1.53. The van der Waals surface area contributed by atoms with Crippen LogP contribution in [0.3, 0.4) is 0 Å². The number of aromatic nitrogens is 3. The molecule has 1 aliphatic rings. The monoisotopic (exact) mass is 489 g/mol. The summed E-state index contributed by atoms with van der Waals surface area (Å²) in [4.78, 5) is 21.5. The van der Waals surface area contributed by atoms with Crippen molar-refractivity contribution < 1.29 is 5.11 Å².